The normalized spacial score (nSPS) is 9.73. The largest absolute Gasteiger partial charge is 0.370 e. The lowest BCUT2D eigenvalue weighted by Gasteiger charge is -1.79. The second-order valence-electron chi connectivity index (χ2n) is 1.69. The summed E-state index contributed by atoms with van der Waals surface area (Å²) < 4.78 is 26.9. The van der Waals surface area contributed by atoms with E-state index in [0.717, 1.165) is 0 Å². The Kier molecular flexibility index (Phi) is 7.23. The molecule has 0 spiro atoms. The van der Waals surface area contributed by atoms with Gasteiger partial charge in [-0.05, 0) is 6.92 Å². The summed E-state index contributed by atoms with van der Waals surface area (Å²) in [5.41, 5.74) is 4.65. The highest BCUT2D eigenvalue weighted by Gasteiger charge is 1.93. The molecule has 0 saturated carbocycles. The Morgan fingerprint density at radius 3 is 1.64 bits per heavy atom. The van der Waals surface area contributed by atoms with Crippen LogP contribution in [0, 0.1) is 0 Å². The molecule has 0 saturated heterocycles. The van der Waals surface area contributed by atoms with Crippen LogP contribution in [-0.4, -0.2) is 24.6 Å². The highest BCUT2D eigenvalue weighted by molar-refractivity contribution is 7.85. The molecule has 3 N–H and O–H groups in total. The van der Waals surface area contributed by atoms with Crippen molar-refractivity contribution in [3.8, 4) is 0 Å². The van der Waals surface area contributed by atoms with E-state index in [1.54, 1.807) is 6.92 Å². The average Bonchev–Trinajstić information content (AvgIpc) is 1.88. The van der Waals surface area contributed by atoms with Gasteiger partial charge in [-0.25, -0.2) is 0 Å². The average molecular weight is 183 g/mol. The van der Waals surface area contributed by atoms with Gasteiger partial charge in [0.05, 0.1) is 5.75 Å². The van der Waals surface area contributed by atoms with Gasteiger partial charge in [0.25, 0.3) is 10.1 Å². The van der Waals surface area contributed by atoms with Crippen LogP contribution in [0.4, 0.5) is 0 Å². The first-order valence-electron chi connectivity index (χ1n) is 3.07. The van der Waals surface area contributed by atoms with Crippen LogP contribution in [-0.2, 0) is 14.9 Å². The lowest BCUT2D eigenvalue weighted by atomic mass is 10.5. The predicted molar refractivity (Wildman–Crippen MR) is 41.6 cm³/mol. The Balaban J connectivity index is 0. The Labute approximate surface area is 66.3 Å². The minimum Gasteiger partial charge on any atom is -0.370 e. The van der Waals surface area contributed by atoms with Crippen molar-refractivity contribution < 1.29 is 17.8 Å². The van der Waals surface area contributed by atoms with Crippen molar-refractivity contribution >= 4 is 16.0 Å². The fourth-order valence-corrected chi connectivity index (χ4v) is 0. The third-order valence-corrected chi connectivity index (χ3v) is 1.44. The fourth-order valence-electron chi connectivity index (χ4n) is 0. The summed E-state index contributed by atoms with van der Waals surface area (Å²) in [5, 5.41) is 0. The van der Waals surface area contributed by atoms with E-state index in [2.05, 4.69) is 5.73 Å². The third-order valence-electron chi connectivity index (χ3n) is 0.713. The van der Waals surface area contributed by atoms with E-state index in [9.17, 15) is 13.2 Å². The van der Waals surface area contributed by atoms with Crippen LogP contribution >= 0.6 is 0 Å². The SMILES string of the molecule is CCC(N)=O.CCS(=O)(=O)O. The van der Waals surface area contributed by atoms with Gasteiger partial charge in [0.1, 0.15) is 0 Å². The van der Waals surface area contributed by atoms with Crippen molar-refractivity contribution in [2.75, 3.05) is 5.75 Å². The van der Waals surface area contributed by atoms with Gasteiger partial charge < -0.3 is 5.73 Å². The second kappa shape index (κ2) is 6.11. The molecular formula is C5H13NO4S. The van der Waals surface area contributed by atoms with Crippen molar-refractivity contribution in [1.29, 1.82) is 0 Å². The molecule has 0 aromatic rings. The van der Waals surface area contributed by atoms with Gasteiger partial charge in [-0.2, -0.15) is 8.42 Å². The molecule has 1 amide bonds. The van der Waals surface area contributed by atoms with Crippen LogP contribution in [0.25, 0.3) is 0 Å². The van der Waals surface area contributed by atoms with E-state index in [-0.39, 0.29) is 11.7 Å². The maximum absolute atomic E-state index is 9.59. The molecule has 0 heterocycles. The van der Waals surface area contributed by atoms with Crippen LogP contribution in [0.15, 0.2) is 0 Å². The number of hydrogen-bond acceptors (Lipinski definition) is 3. The molecule has 11 heavy (non-hydrogen) atoms. The second-order valence-corrected chi connectivity index (χ2v) is 3.43. The Bertz CT molecular complexity index is 197. The highest BCUT2D eigenvalue weighted by Crippen LogP contribution is 1.74. The Hall–Kier alpha value is -0.620. The number of carbonyl (C=O) groups is 1. The first-order valence-corrected chi connectivity index (χ1v) is 4.67. The maximum Gasteiger partial charge on any atom is 0.264 e. The minimum atomic E-state index is -3.66. The lowest BCUT2D eigenvalue weighted by Crippen LogP contribution is -2.06. The van der Waals surface area contributed by atoms with Gasteiger partial charge >= 0.3 is 0 Å². The van der Waals surface area contributed by atoms with Crippen molar-refractivity contribution in [1.82, 2.24) is 0 Å². The number of primary amides is 1. The van der Waals surface area contributed by atoms with Crippen LogP contribution in [0.3, 0.4) is 0 Å². The number of amides is 1. The first-order chi connectivity index (χ1) is 4.83. The fraction of sp³-hybridized carbons (Fsp3) is 0.800. The maximum atomic E-state index is 9.59. The van der Waals surface area contributed by atoms with Crippen LogP contribution < -0.4 is 5.73 Å². The van der Waals surface area contributed by atoms with Gasteiger partial charge in [-0.3, -0.25) is 9.35 Å². The van der Waals surface area contributed by atoms with Crippen molar-refractivity contribution in [2.24, 2.45) is 5.73 Å². The molecule has 0 rings (SSSR count). The third kappa shape index (κ3) is 26.6. The highest BCUT2D eigenvalue weighted by atomic mass is 32.2. The van der Waals surface area contributed by atoms with Crippen LogP contribution in [0.5, 0.6) is 0 Å². The monoisotopic (exact) mass is 183 g/mol. The zero-order chi connectivity index (χ0) is 9.49. The molecule has 0 aliphatic carbocycles. The van der Waals surface area contributed by atoms with E-state index >= 15 is 0 Å². The molecule has 0 radical (unpaired) electrons. The van der Waals surface area contributed by atoms with Crippen LogP contribution in [0.2, 0.25) is 0 Å². The summed E-state index contributed by atoms with van der Waals surface area (Å²) in [5.74, 6) is -0.447. The minimum absolute atomic E-state index is 0.201. The van der Waals surface area contributed by atoms with E-state index in [0.29, 0.717) is 6.42 Å². The van der Waals surface area contributed by atoms with E-state index in [1.165, 1.54) is 6.92 Å². The Morgan fingerprint density at radius 2 is 1.64 bits per heavy atom. The summed E-state index contributed by atoms with van der Waals surface area (Å²) in [6, 6.07) is 0. The number of nitrogens with two attached hydrogens (primary N) is 1. The Morgan fingerprint density at radius 1 is 1.45 bits per heavy atom. The summed E-state index contributed by atoms with van der Waals surface area (Å²) in [7, 11) is -3.66. The molecule has 0 aromatic heterocycles. The molecule has 0 atom stereocenters. The van der Waals surface area contributed by atoms with Gasteiger partial charge in [-0.15, -0.1) is 0 Å². The van der Waals surface area contributed by atoms with Crippen molar-refractivity contribution in [3.05, 3.63) is 0 Å². The number of carbonyl (C=O) groups excluding carboxylic acids is 1. The molecule has 0 fully saturated rings. The molecule has 0 bridgehead atoms. The van der Waals surface area contributed by atoms with Gasteiger partial charge in [0, 0.05) is 6.42 Å². The molecule has 0 aliphatic heterocycles. The molecule has 5 nitrogen and oxygen atoms in total. The summed E-state index contributed by atoms with van der Waals surface area (Å²) in [6.45, 7) is 3.09. The number of hydrogen-bond donors (Lipinski definition) is 2. The smallest absolute Gasteiger partial charge is 0.264 e. The molecular weight excluding hydrogens is 170 g/mol. The summed E-state index contributed by atoms with van der Waals surface area (Å²) >= 11 is 0. The van der Waals surface area contributed by atoms with Crippen molar-refractivity contribution in [2.45, 2.75) is 20.3 Å². The summed E-state index contributed by atoms with van der Waals surface area (Å²) in [6.07, 6.45) is 0.444. The number of rotatable bonds is 2. The molecule has 0 unspecified atom stereocenters. The summed E-state index contributed by atoms with van der Waals surface area (Å²) in [4.78, 5) is 9.59. The van der Waals surface area contributed by atoms with Gasteiger partial charge in [0.2, 0.25) is 5.91 Å². The molecule has 68 valence electrons. The van der Waals surface area contributed by atoms with Crippen molar-refractivity contribution in [3.63, 3.8) is 0 Å². The van der Waals surface area contributed by atoms with E-state index in [1.807, 2.05) is 0 Å². The lowest BCUT2D eigenvalue weighted by molar-refractivity contribution is -0.117. The first kappa shape index (κ1) is 13.0. The van der Waals surface area contributed by atoms with E-state index < -0.39 is 10.1 Å². The van der Waals surface area contributed by atoms with Gasteiger partial charge in [0.15, 0.2) is 0 Å². The molecule has 0 aliphatic rings. The van der Waals surface area contributed by atoms with Crippen LogP contribution in [0.1, 0.15) is 20.3 Å². The zero-order valence-corrected chi connectivity index (χ0v) is 7.39. The standard InChI is InChI=1S/C3H7NO.C2H6O3S/c1-2-3(4)5;1-2-6(3,4)5/h2H2,1H3,(H2,4,5);2H2,1H3,(H,3,4,5). The molecule has 0 aromatic carbocycles. The van der Waals surface area contributed by atoms with Gasteiger partial charge in [-0.1, -0.05) is 6.92 Å². The zero-order valence-electron chi connectivity index (χ0n) is 6.57. The quantitative estimate of drug-likeness (QED) is 0.578. The molecule has 6 heteroatoms. The topological polar surface area (TPSA) is 97.5 Å². The van der Waals surface area contributed by atoms with E-state index in [4.69, 9.17) is 4.55 Å². The predicted octanol–water partition coefficient (Wildman–Crippen LogP) is -0.224.